The van der Waals surface area contributed by atoms with Gasteiger partial charge in [-0.1, -0.05) is 5.16 Å². The van der Waals surface area contributed by atoms with E-state index in [1.54, 1.807) is 19.9 Å². The summed E-state index contributed by atoms with van der Waals surface area (Å²) >= 11 is 0. The quantitative estimate of drug-likeness (QED) is 0.700. The van der Waals surface area contributed by atoms with Crippen LogP contribution in [0.1, 0.15) is 11.5 Å². The molecule has 1 aromatic carbocycles. The van der Waals surface area contributed by atoms with Crippen molar-refractivity contribution in [3.63, 3.8) is 0 Å². The number of benzene rings is 1. The van der Waals surface area contributed by atoms with Crippen LogP contribution >= 0.6 is 0 Å². The van der Waals surface area contributed by atoms with E-state index in [-0.39, 0.29) is 16.2 Å². The Labute approximate surface area is 155 Å². The lowest BCUT2D eigenvalue weighted by Crippen LogP contribution is -2.21. The van der Waals surface area contributed by atoms with Crippen LogP contribution in [0.2, 0.25) is 0 Å². The average Bonchev–Trinajstić information content (AvgIpc) is 3.00. The van der Waals surface area contributed by atoms with Gasteiger partial charge in [0.25, 0.3) is 5.56 Å². The summed E-state index contributed by atoms with van der Waals surface area (Å²) in [6, 6.07) is 7.51. The van der Waals surface area contributed by atoms with Gasteiger partial charge >= 0.3 is 0 Å². The Morgan fingerprint density at radius 2 is 1.93 bits per heavy atom. The topological polar surface area (TPSA) is 116 Å². The number of aryl methyl sites for hydroxylation is 2. The highest BCUT2D eigenvalue weighted by Gasteiger charge is 2.20. The Morgan fingerprint density at radius 3 is 2.52 bits per heavy atom. The molecule has 0 aliphatic rings. The first-order chi connectivity index (χ1) is 12.8. The van der Waals surface area contributed by atoms with Crippen LogP contribution in [0.25, 0.3) is 16.9 Å². The minimum absolute atomic E-state index is 0.0260. The fraction of sp³-hybridized carbons (Fsp3) is 0.235. The number of hydrogen-bond donors (Lipinski definition) is 1. The Hall–Kier alpha value is -2.98. The molecule has 0 spiro atoms. The van der Waals surface area contributed by atoms with Crippen LogP contribution in [0.4, 0.5) is 0 Å². The molecule has 0 bridgehead atoms. The Kier molecular flexibility index (Phi) is 4.85. The lowest BCUT2D eigenvalue weighted by atomic mass is 10.1. The summed E-state index contributed by atoms with van der Waals surface area (Å²) in [6.07, 6.45) is 0. The van der Waals surface area contributed by atoms with Gasteiger partial charge < -0.3 is 9.26 Å². The average molecular weight is 390 g/mol. The molecule has 9 nitrogen and oxygen atoms in total. The van der Waals surface area contributed by atoms with Crippen molar-refractivity contribution >= 4 is 10.0 Å². The third kappa shape index (κ3) is 3.36. The number of sulfonamides is 1. The van der Waals surface area contributed by atoms with E-state index in [1.165, 1.54) is 43.1 Å². The van der Waals surface area contributed by atoms with Crippen LogP contribution in [-0.2, 0) is 10.0 Å². The van der Waals surface area contributed by atoms with Crippen molar-refractivity contribution in [1.82, 2.24) is 19.7 Å². The maximum atomic E-state index is 12.3. The number of nitrogens with zero attached hydrogens (tertiary/aromatic N) is 3. The number of hydrogen-bond acceptors (Lipinski definition) is 7. The first kappa shape index (κ1) is 18.8. The molecule has 0 radical (unpaired) electrons. The molecule has 0 unspecified atom stereocenters. The predicted octanol–water partition coefficient (Wildman–Crippen LogP) is 1.42. The van der Waals surface area contributed by atoms with Crippen molar-refractivity contribution in [1.29, 1.82) is 0 Å². The molecule has 3 aromatic rings. The van der Waals surface area contributed by atoms with Gasteiger partial charge in [-0.05, 0) is 45.2 Å². The van der Waals surface area contributed by atoms with E-state index in [0.717, 1.165) is 0 Å². The highest BCUT2D eigenvalue weighted by molar-refractivity contribution is 7.89. The third-order valence-corrected chi connectivity index (χ3v) is 5.46. The maximum absolute atomic E-state index is 12.3. The van der Waals surface area contributed by atoms with Crippen LogP contribution in [0.3, 0.4) is 0 Å². The van der Waals surface area contributed by atoms with Crippen LogP contribution in [0, 0.1) is 13.8 Å². The second-order valence-electron chi connectivity index (χ2n) is 5.71. The summed E-state index contributed by atoms with van der Waals surface area (Å²) < 4.78 is 38.2. The van der Waals surface area contributed by atoms with Gasteiger partial charge in [0.1, 0.15) is 22.0 Å². The summed E-state index contributed by atoms with van der Waals surface area (Å²) in [7, 11) is -1.04. The van der Waals surface area contributed by atoms with Gasteiger partial charge in [0.15, 0.2) is 5.76 Å². The zero-order chi connectivity index (χ0) is 19.8. The van der Waals surface area contributed by atoms with E-state index in [0.29, 0.717) is 28.4 Å². The van der Waals surface area contributed by atoms with E-state index < -0.39 is 10.0 Å². The predicted molar refractivity (Wildman–Crippen MR) is 97.6 cm³/mol. The standard InChI is InChI=1S/C17H18N4O5S/c1-10-17(11(2)26-20-10)21-16(22)8-6-13(19-21)12-5-7-14(25-4)15(9-12)27(23,24)18-3/h5-9,18H,1-4H3. The lowest BCUT2D eigenvalue weighted by molar-refractivity contribution is 0.392. The zero-order valence-electron chi connectivity index (χ0n) is 15.2. The highest BCUT2D eigenvalue weighted by atomic mass is 32.2. The third-order valence-electron chi connectivity index (χ3n) is 4.03. The molecular formula is C17H18N4O5S. The number of nitrogens with one attached hydrogen (secondary N) is 1. The molecule has 0 saturated carbocycles. The van der Waals surface area contributed by atoms with Crippen molar-refractivity contribution in [3.8, 4) is 22.7 Å². The molecule has 1 N–H and O–H groups in total. The van der Waals surface area contributed by atoms with E-state index in [2.05, 4.69) is 15.0 Å². The molecule has 0 fully saturated rings. The van der Waals surface area contributed by atoms with Crippen LogP contribution in [0.5, 0.6) is 5.75 Å². The zero-order valence-corrected chi connectivity index (χ0v) is 16.0. The number of methoxy groups -OCH3 is 1. The van der Waals surface area contributed by atoms with Crippen LogP contribution in [-0.4, -0.2) is 37.5 Å². The molecular weight excluding hydrogens is 372 g/mol. The number of rotatable bonds is 5. The molecule has 0 atom stereocenters. The summed E-state index contributed by atoms with van der Waals surface area (Å²) in [5.41, 5.74) is 1.53. The first-order valence-electron chi connectivity index (χ1n) is 7.94. The van der Waals surface area contributed by atoms with Gasteiger partial charge in [0.05, 0.1) is 12.8 Å². The normalized spacial score (nSPS) is 11.6. The van der Waals surface area contributed by atoms with E-state index in [9.17, 15) is 13.2 Å². The Bertz CT molecular complexity index is 1140. The van der Waals surface area contributed by atoms with E-state index >= 15 is 0 Å². The molecule has 3 rings (SSSR count). The highest BCUT2D eigenvalue weighted by Crippen LogP contribution is 2.29. The van der Waals surface area contributed by atoms with Crippen LogP contribution < -0.4 is 15.0 Å². The summed E-state index contributed by atoms with van der Waals surface area (Å²) in [5, 5.41) is 8.20. The van der Waals surface area contributed by atoms with Gasteiger partial charge in [-0.2, -0.15) is 9.78 Å². The number of ether oxygens (including phenoxy) is 1. The largest absolute Gasteiger partial charge is 0.495 e. The number of aromatic nitrogens is 3. The van der Waals surface area contributed by atoms with Crippen LogP contribution in [0.15, 0.2) is 44.5 Å². The van der Waals surface area contributed by atoms with Gasteiger partial charge in [-0.3, -0.25) is 4.79 Å². The fourth-order valence-corrected chi connectivity index (χ4v) is 3.58. The maximum Gasteiger partial charge on any atom is 0.271 e. The molecule has 0 saturated heterocycles. The van der Waals surface area contributed by atoms with E-state index in [1.807, 2.05) is 0 Å². The molecule has 0 amide bonds. The fourth-order valence-electron chi connectivity index (χ4n) is 2.66. The van der Waals surface area contributed by atoms with Gasteiger partial charge in [-0.25, -0.2) is 13.1 Å². The van der Waals surface area contributed by atoms with Gasteiger partial charge in [0, 0.05) is 11.6 Å². The molecule has 142 valence electrons. The van der Waals surface area contributed by atoms with Gasteiger partial charge in [0.2, 0.25) is 10.0 Å². The van der Waals surface area contributed by atoms with Crippen molar-refractivity contribution in [2.75, 3.05) is 14.2 Å². The SMILES string of the molecule is CNS(=O)(=O)c1cc(-c2ccc(=O)n(-c3c(C)noc3C)n2)ccc1OC. The summed E-state index contributed by atoms with van der Waals surface area (Å²) in [6.45, 7) is 3.39. The second kappa shape index (κ2) is 6.97. The molecule has 0 aliphatic heterocycles. The molecule has 2 heterocycles. The Balaban J connectivity index is 2.20. The van der Waals surface area contributed by atoms with Gasteiger partial charge in [-0.15, -0.1) is 0 Å². The summed E-state index contributed by atoms with van der Waals surface area (Å²) in [4.78, 5) is 12.3. The first-order valence-corrected chi connectivity index (χ1v) is 9.42. The molecule has 2 aromatic heterocycles. The lowest BCUT2D eigenvalue weighted by Gasteiger charge is -2.11. The molecule has 27 heavy (non-hydrogen) atoms. The van der Waals surface area contributed by atoms with Crippen molar-refractivity contribution in [3.05, 3.63) is 52.1 Å². The monoisotopic (exact) mass is 390 g/mol. The smallest absolute Gasteiger partial charge is 0.271 e. The van der Waals surface area contributed by atoms with Crippen molar-refractivity contribution < 1.29 is 17.7 Å². The van der Waals surface area contributed by atoms with Crippen molar-refractivity contribution in [2.24, 2.45) is 0 Å². The molecule has 10 heteroatoms. The minimum atomic E-state index is -3.74. The second-order valence-corrected chi connectivity index (χ2v) is 7.57. The minimum Gasteiger partial charge on any atom is -0.495 e. The summed E-state index contributed by atoms with van der Waals surface area (Å²) in [5.74, 6) is 0.652. The molecule has 0 aliphatic carbocycles. The Morgan fingerprint density at radius 1 is 1.19 bits per heavy atom. The van der Waals surface area contributed by atoms with E-state index in [4.69, 9.17) is 9.26 Å². The van der Waals surface area contributed by atoms with Crippen molar-refractivity contribution in [2.45, 2.75) is 18.7 Å².